The summed E-state index contributed by atoms with van der Waals surface area (Å²) < 4.78 is 21.6. The summed E-state index contributed by atoms with van der Waals surface area (Å²) in [6, 6.07) is 2.99. The molecule has 2 heterocycles. The van der Waals surface area contributed by atoms with Gasteiger partial charge in [-0.1, -0.05) is 45.2 Å². The van der Waals surface area contributed by atoms with Gasteiger partial charge in [0.25, 0.3) is 5.91 Å². The predicted molar refractivity (Wildman–Crippen MR) is 118 cm³/mol. The standard InChI is InChI=1S/C22H30ClFN4O2/c1-6-9-10-14(7-2)28-19(8-3)25-21-20(28)22(29)26(4)13-27(21)17-12-16(24)18(30-5)11-15(17)23/h11-12,14H,6-10,13H2,1-5H3. The number of aromatic nitrogens is 2. The minimum atomic E-state index is -0.512. The molecule has 1 aromatic heterocycles. The van der Waals surface area contributed by atoms with Gasteiger partial charge in [0.1, 0.15) is 5.82 Å². The monoisotopic (exact) mass is 436 g/mol. The van der Waals surface area contributed by atoms with E-state index in [1.54, 1.807) is 11.9 Å². The van der Waals surface area contributed by atoms with Gasteiger partial charge >= 0.3 is 0 Å². The predicted octanol–water partition coefficient (Wildman–Crippen LogP) is 5.57. The number of unbranched alkanes of at least 4 members (excludes halogenated alkanes) is 1. The zero-order valence-corrected chi connectivity index (χ0v) is 19.1. The summed E-state index contributed by atoms with van der Waals surface area (Å²) >= 11 is 6.48. The molecule has 3 rings (SSSR count). The number of benzene rings is 1. The molecule has 1 unspecified atom stereocenters. The molecule has 2 aromatic rings. The van der Waals surface area contributed by atoms with E-state index in [0.717, 1.165) is 31.5 Å². The van der Waals surface area contributed by atoms with E-state index in [0.29, 0.717) is 28.6 Å². The number of fused-ring (bicyclic) bond motifs is 1. The molecule has 1 aromatic carbocycles. The van der Waals surface area contributed by atoms with Crippen molar-refractivity contribution in [1.29, 1.82) is 0 Å². The molecule has 8 heteroatoms. The van der Waals surface area contributed by atoms with Crippen LogP contribution >= 0.6 is 11.6 Å². The molecule has 0 saturated heterocycles. The number of rotatable bonds is 8. The van der Waals surface area contributed by atoms with Gasteiger partial charge in [-0.05, 0) is 12.8 Å². The Bertz CT molecular complexity index is 930. The van der Waals surface area contributed by atoms with Crippen LogP contribution in [-0.4, -0.2) is 41.2 Å². The summed E-state index contributed by atoms with van der Waals surface area (Å²) in [4.78, 5) is 21.5. The summed E-state index contributed by atoms with van der Waals surface area (Å²) in [7, 11) is 3.14. The third-order valence-corrected chi connectivity index (χ3v) is 5.98. The maximum absolute atomic E-state index is 14.5. The van der Waals surface area contributed by atoms with Crippen LogP contribution in [-0.2, 0) is 6.42 Å². The SMILES string of the molecule is CCCCC(CC)n1c(CC)nc2c1C(=O)N(C)CN2c1cc(F)c(OC)cc1Cl. The Kier molecular flexibility index (Phi) is 6.91. The highest BCUT2D eigenvalue weighted by atomic mass is 35.5. The number of halogens is 2. The van der Waals surface area contributed by atoms with E-state index in [1.807, 2.05) is 11.8 Å². The Labute approximate surface area is 182 Å². The van der Waals surface area contributed by atoms with Gasteiger partial charge in [0.15, 0.2) is 23.1 Å². The first-order chi connectivity index (χ1) is 14.4. The third-order valence-electron chi connectivity index (χ3n) is 5.68. The first kappa shape index (κ1) is 22.4. The number of anilines is 2. The average molecular weight is 437 g/mol. The highest BCUT2D eigenvalue weighted by Crippen LogP contribution is 2.41. The second kappa shape index (κ2) is 9.25. The molecule has 30 heavy (non-hydrogen) atoms. The number of hydrogen-bond donors (Lipinski definition) is 0. The molecule has 6 nitrogen and oxygen atoms in total. The summed E-state index contributed by atoms with van der Waals surface area (Å²) in [6.45, 7) is 6.58. The molecule has 1 aliphatic heterocycles. The Hall–Kier alpha value is -2.28. The summed E-state index contributed by atoms with van der Waals surface area (Å²) in [5.74, 6) is 0.893. The Morgan fingerprint density at radius 2 is 2.03 bits per heavy atom. The van der Waals surface area contributed by atoms with Crippen LogP contribution in [0.5, 0.6) is 5.75 Å². The Morgan fingerprint density at radius 3 is 2.63 bits per heavy atom. The topological polar surface area (TPSA) is 50.6 Å². The van der Waals surface area contributed by atoms with Gasteiger partial charge in [0, 0.05) is 31.6 Å². The second-order valence-corrected chi connectivity index (χ2v) is 8.05. The number of amides is 1. The summed E-state index contributed by atoms with van der Waals surface area (Å²) in [5, 5.41) is 0.340. The van der Waals surface area contributed by atoms with Crippen molar-refractivity contribution < 1.29 is 13.9 Å². The molecule has 1 atom stereocenters. The van der Waals surface area contributed by atoms with Crippen molar-refractivity contribution >= 4 is 29.0 Å². The molecule has 0 radical (unpaired) electrons. The molecule has 1 aliphatic rings. The minimum absolute atomic E-state index is 0.0755. The third kappa shape index (κ3) is 3.87. The van der Waals surface area contributed by atoms with Crippen molar-refractivity contribution in [2.75, 3.05) is 25.7 Å². The lowest BCUT2D eigenvalue weighted by Crippen LogP contribution is -2.43. The fraction of sp³-hybridized carbons (Fsp3) is 0.545. The number of carbonyl (C=O) groups is 1. The molecule has 0 spiro atoms. The maximum atomic E-state index is 14.5. The first-order valence-corrected chi connectivity index (χ1v) is 10.9. The number of methoxy groups -OCH3 is 1. The van der Waals surface area contributed by atoms with Gasteiger partial charge in [-0.25, -0.2) is 9.37 Å². The minimum Gasteiger partial charge on any atom is -0.494 e. The Balaban J connectivity index is 2.18. The van der Waals surface area contributed by atoms with Crippen LogP contribution in [0.3, 0.4) is 0 Å². The highest BCUT2D eigenvalue weighted by molar-refractivity contribution is 6.33. The van der Waals surface area contributed by atoms with Crippen molar-refractivity contribution in [3.8, 4) is 5.75 Å². The molecule has 0 N–H and O–H groups in total. The van der Waals surface area contributed by atoms with Crippen molar-refractivity contribution in [1.82, 2.24) is 14.5 Å². The summed E-state index contributed by atoms with van der Waals surface area (Å²) in [5.41, 5.74) is 1.01. The molecule has 0 bridgehead atoms. The van der Waals surface area contributed by atoms with E-state index in [9.17, 15) is 9.18 Å². The lowest BCUT2D eigenvalue weighted by Gasteiger charge is -2.35. The maximum Gasteiger partial charge on any atom is 0.275 e. The zero-order chi connectivity index (χ0) is 22.0. The summed E-state index contributed by atoms with van der Waals surface area (Å²) in [6.07, 6.45) is 4.76. The normalized spacial score (nSPS) is 14.8. The van der Waals surface area contributed by atoms with Crippen LogP contribution < -0.4 is 9.64 Å². The average Bonchev–Trinajstić information content (AvgIpc) is 3.12. The largest absolute Gasteiger partial charge is 0.494 e. The van der Waals surface area contributed by atoms with Gasteiger partial charge in [0.2, 0.25) is 0 Å². The number of carbonyl (C=O) groups excluding carboxylic acids is 1. The number of nitrogens with zero attached hydrogens (tertiary/aromatic N) is 4. The van der Waals surface area contributed by atoms with Crippen molar-refractivity contribution in [3.05, 3.63) is 34.5 Å². The smallest absolute Gasteiger partial charge is 0.275 e. The highest BCUT2D eigenvalue weighted by Gasteiger charge is 2.37. The van der Waals surface area contributed by atoms with Crippen LogP contribution in [0.2, 0.25) is 5.02 Å². The molecule has 164 valence electrons. The van der Waals surface area contributed by atoms with E-state index in [4.69, 9.17) is 21.3 Å². The first-order valence-electron chi connectivity index (χ1n) is 10.5. The van der Waals surface area contributed by atoms with Crippen molar-refractivity contribution in [2.45, 2.75) is 58.9 Å². The van der Waals surface area contributed by atoms with Crippen molar-refractivity contribution in [2.24, 2.45) is 0 Å². The van der Waals surface area contributed by atoms with Gasteiger partial charge in [0.05, 0.1) is 24.5 Å². The molecule has 0 saturated carbocycles. The van der Waals surface area contributed by atoms with E-state index in [2.05, 4.69) is 18.4 Å². The van der Waals surface area contributed by atoms with E-state index in [1.165, 1.54) is 19.2 Å². The quantitative estimate of drug-likeness (QED) is 0.542. The second-order valence-electron chi connectivity index (χ2n) is 7.64. The van der Waals surface area contributed by atoms with Gasteiger partial charge in [-0.2, -0.15) is 0 Å². The lowest BCUT2D eigenvalue weighted by atomic mass is 10.1. The fourth-order valence-electron chi connectivity index (χ4n) is 4.05. The van der Waals surface area contributed by atoms with Crippen LogP contribution in [0, 0.1) is 5.82 Å². The van der Waals surface area contributed by atoms with Crippen LogP contribution in [0.1, 0.15) is 68.8 Å². The number of ether oxygens (including phenoxy) is 1. The number of hydrogen-bond acceptors (Lipinski definition) is 4. The molecular weight excluding hydrogens is 407 g/mol. The van der Waals surface area contributed by atoms with Gasteiger partial charge in [-0.15, -0.1) is 0 Å². The molecule has 0 fully saturated rings. The van der Waals surface area contributed by atoms with Crippen molar-refractivity contribution in [3.63, 3.8) is 0 Å². The molecular formula is C22H30ClFN4O2. The number of imidazole rings is 1. The van der Waals surface area contributed by atoms with Gasteiger partial charge < -0.3 is 19.1 Å². The van der Waals surface area contributed by atoms with Crippen LogP contribution in [0.25, 0.3) is 0 Å². The van der Waals surface area contributed by atoms with Gasteiger partial charge in [-0.3, -0.25) is 4.79 Å². The number of aryl methyl sites for hydroxylation is 1. The van der Waals surface area contributed by atoms with E-state index < -0.39 is 5.82 Å². The van der Waals surface area contributed by atoms with Crippen LogP contribution in [0.15, 0.2) is 12.1 Å². The zero-order valence-electron chi connectivity index (χ0n) is 18.3. The lowest BCUT2D eigenvalue weighted by molar-refractivity contribution is 0.0772. The molecule has 0 aliphatic carbocycles. The van der Waals surface area contributed by atoms with E-state index in [-0.39, 0.29) is 24.4 Å². The molecule has 1 amide bonds. The van der Waals surface area contributed by atoms with Crippen LogP contribution in [0.4, 0.5) is 15.9 Å². The Morgan fingerprint density at radius 1 is 1.30 bits per heavy atom. The fourth-order valence-corrected chi connectivity index (χ4v) is 4.30. The van der Waals surface area contributed by atoms with E-state index >= 15 is 0 Å².